The first-order chi connectivity index (χ1) is 14.3. The maximum atomic E-state index is 14.3. The molecule has 7 nitrogen and oxygen atoms in total. The van der Waals surface area contributed by atoms with E-state index in [1.807, 2.05) is 0 Å². The highest BCUT2D eigenvalue weighted by Gasteiger charge is 2.29. The predicted octanol–water partition coefficient (Wildman–Crippen LogP) is 3.05. The lowest BCUT2D eigenvalue weighted by Crippen LogP contribution is -2.36. The van der Waals surface area contributed by atoms with Crippen LogP contribution in [0.2, 0.25) is 0 Å². The van der Waals surface area contributed by atoms with E-state index in [4.69, 9.17) is 9.47 Å². The summed E-state index contributed by atoms with van der Waals surface area (Å²) in [5.74, 6) is -2.00. The third-order valence-corrected chi connectivity index (χ3v) is 6.76. The molecular weight excluding hydrogens is 413 g/mol. The molecule has 0 bridgehead atoms. The lowest BCUT2D eigenvalue weighted by molar-refractivity contribution is 0.0473. The third-order valence-electron chi connectivity index (χ3n) is 4.84. The highest BCUT2D eigenvalue weighted by Crippen LogP contribution is 2.24. The Morgan fingerprint density at radius 2 is 1.77 bits per heavy atom. The number of halogens is 1. The zero-order valence-electron chi connectivity index (χ0n) is 16.5. The van der Waals surface area contributed by atoms with E-state index in [-0.39, 0.29) is 11.1 Å². The molecule has 0 N–H and O–H groups in total. The molecule has 1 aliphatic heterocycles. The lowest BCUT2D eigenvalue weighted by atomic mass is 10.1. The van der Waals surface area contributed by atoms with Crippen molar-refractivity contribution in [2.24, 2.45) is 0 Å². The molecule has 1 saturated heterocycles. The number of piperidine rings is 1. The first-order valence-electron chi connectivity index (χ1n) is 9.47. The van der Waals surface area contributed by atoms with Gasteiger partial charge in [-0.2, -0.15) is 4.31 Å². The van der Waals surface area contributed by atoms with Crippen LogP contribution in [0, 0.1) is 5.82 Å². The van der Waals surface area contributed by atoms with Gasteiger partial charge in [0.2, 0.25) is 15.8 Å². The molecule has 0 aromatic heterocycles. The van der Waals surface area contributed by atoms with Gasteiger partial charge in [0.1, 0.15) is 16.5 Å². The third kappa shape index (κ3) is 4.68. The van der Waals surface area contributed by atoms with Crippen LogP contribution < -0.4 is 4.74 Å². The molecule has 1 aliphatic rings. The number of para-hydroxylation sites is 1. The second-order valence-corrected chi connectivity index (χ2v) is 8.72. The maximum Gasteiger partial charge on any atom is 0.338 e. The van der Waals surface area contributed by atoms with Crippen molar-refractivity contribution in [1.29, 1.82) is 0 Å². The Bertz CT molecular complexity index is 1050. The molecular formula is C21H22FNO6S. The molecule has 9 heteroatoms. The number of hydrogen-bond acceptors (Lipinski definition) is 6. The molecule has 0 atom stereocenters. The Balaban J connectivity index is 1.75. The first-order valence-corrected chi connectivity index (χ1v) is 10.9. The zero-order valence-corrected chi connectivity index (χ0v) is 17.3. The van der Waals surface area contributed by atoms with E-state index in [9.17, 15) is 22.4 Å². The highest BCUT2D eigenvalue weighted by molar-refractivity contribution is 7.89. The van der Waals surface area contributed by atoms with E-state index in [2.05, 4.69) is 0 Å². The van der Waals surface area contributed by atoms with Crippen LogP contribution >= 0.6 is 0 Å². The Kier molecular flexibility index (Phi) is 6.84. The Labute approximate surface area is 174 Å². The average Bonchev–Trinajstić information content (AvgIpc) is 2.77. The molecule has 2 aromatic carbocycles. The Hall–Kier alpha value is -2.78. The summed E-state index contributed by atoms with van der Waals surface area (Å²) < 4.78 is 51.2. The van der Waals surface area contributed by atoms with Crippen LogP contribution in [0.5, 0.6) is 5.75 Å². The number of carbonyl (C=O) groups excluding carboxylic acids is 2. The van der Waals surface area contributed by atoms with Gasteiger partial charge in [0.05, 0.1) is 18.2 Å². The highest BCUT2D eigenvalue weighted by atomic mass is 32.2. The molecule has 30 heavy (non-hydrogen) atoms. The van der Waals surface area contributed by atoms with E-state index >= 15 is 0 Å². The van der Waals surface area contributed by atoms with Gasteiger partial charge < -0.3 is 9.47 Å². The molecule has 0 spiro atoms. The van der Waals surface area contributed by atoms with Crippen molar-refractivity contribution in [1.82, 2.24) is 4.31 Å². The smallest absolute Gasteiger partial charge is 0.338 e. The quantitative estimate of drug-likeness (QED) is 0.491. The van der Waals surface area contributed by atoms with Crippen LogP contribution in [0.15, 0.2) is 47.4 Å². The summed E-state index contributed by atoms with van der Waals surface area (Å²) in [4.78, 5) is 24.1. The van der Waals surface area contributed by atoms with E-state index < -0.39 is 39.1 Å². The number of esters is 1. The fourth-order valence-electron chi connectivity index (χ4n) is 3.24. The van der Waals surface area contributed by atoms with Crippen molar-refractivity contribution < 1.29 is 31.9 Å². The predicted molar refractivity (Wildman–Crippen MR) is 107 cm³/mol. The molecule has 2 aromatic rings. The Morgan fingerprint density at radius 1 is 1.07 bits per heavy atom. The molecule has 0 radical (unpaired) electrons. The molecule has 0 aliphatic carbocycles. The normalized spacial score (nSPS) is 14.9. The van der Waals surface area contributed by atoms with Crippen LogP contribution in [0.1, 0.15) is 40.0 Å². The van der Waals surface area contributed by atoms with Gasteiger partial charge in [0.25, 0.3) is 0 Å². The van der Waals surface area contributed by atoms with Crippen LogP contribution in [0.4, 0.5) is 4.39 Å². The average molecular weight is 435 g/mol. The number of sulfonamides is 1. The molecule has 1 fully saturated rings. The fourth-order valence-corrected chi connectivity index (χ4v) is 4.85. The van der Waals surface area contributed by atoms with Crippen LogP contribution in [-0.2, 0) is 14.8 Å². The number of rotatable bonds is 7. The summed E-state index contributed by atoms with van der Waals surface area (Å²) in [6.07, 6.45) is 2.32. The van der Waals surface area contributed by atoms with Crippen molar-refractivity contribution in [3.05, 3.63) is 59.4 Å². The molecule has 0 saturated carbocycles. The van der Waals surface area contributed by atoms with E-state index in [0.29, 0.717) is 31.7 Å². The summed E-state index contributed by atoms with van der Waals surface area (Å²) in [6.45, 7) is 0.0541. The van der Waals surface area contributed by atoms with Crippen LogP contribution in [0.25, 0.3) is 0 Å². The maximum absolute atomic E-state index is 14.3. The van der Waals surface area contributed by atoms with Gasteiger partial charge in [-0.15, -0.1) is 0 Å². The van der Waals surface area contributed by atoms with Crippen molar-refractivity contribution in [3.63, 3.8) is 0 Å². The topological polar surface area (TPSA) is 90.0 Å². The number of carbonyl (C=O) groups is 2. The Morgan fingerprint density at radius 3 is 2.47 bits per heavy atom. The number of methoxy groups -OCH3 is 1. The number of hydrogen-bond donors (Lipinski definition) is 0. The van der Waals surface area contributed by atoms with E-state index in [1.165, 1.54) is 17.5 Å². The van der Waals surface area contributed by atoms with E-state index in [1.54, 1.807) is 18.2 Å². The van der Waals surface area contributed by atoms with Gasteiger partial charge in [-0.05, 0) is 43.2 Å². The van der Waals surface area contributed by atoms with Crippen molar-refractivity contribution in [3.8, 4) is 5.75 Å². The molecule has 160 valence electrons. The summed E-state index contributed by atoms with van der Waals surface area (Å²) in [5.41, 5.74) is 0.0973. The van der Waals surface area contributed by atoms with Gasteiger partial charge in [-0.1, -0.05) is 18.6 Å². The van der Waals surface area contributed by atoms with Crippen molar-refractivity contribution >= 4 is 21.8 Å². The second kappa shape index (κ2) is 9.36. The summed E-state index contributed by atoms with van der Waals surface area (Å²) in [7, 11) is -2.65. The van der Waals surface area contributed by atoms with Gasteiger partial charge in [0.15, 0.2) is 6.61 Å². The van der Waals surface area contributed by atoms with Gasteiger partial charge >= 0.3 is 5.97 Å². The van der Waals surface area contributed by atoms with Crippen molar-refractivity contribution in [2.75, 3.05) is 26.8 Å². The molecule has 3 rings (SSSR count). The van der Waals surface area contributed by atoms with Gasteiger partial charge in [-0.25, -0.2) is 17.6 Å². The minimum absolute atomic E-state index is 0.153. The van der Waals surface area contributed by atoms with E-state index in [0.717, 1.165) is 24.6 Å². The van der Waals surface area contributed by atoms with Crippen LogP contribution in [0.3, 0.4) is 0 Å². The standard InChI is InChI=1S/C21H22FNO6S/c1-28-19-8-4-3-7-16(19)18(24)14-29-21(25)15-9-10-17(22)20(13-15)30(26,27)23-11-5-2-6-12-23/h3-4,7-10,13H,2,5-6,11-12,14H2,1H3. The van der Waals surface area contributed by atoms with Crippen molar-refractivity contribution in [2.45, 2.75) is 24.2 Å². The number of ether oxygens (including phenoxy) is 2. The first kappa shape index (κ1) is 21.9. The minimum Gasteiger partial charge on any atom is -0.496 e. The fraction of sp³-hybridized carbons (Fsp3) is 0.333. The van der Waals surface area contributed by atoms with Crippen LogP contribution in [-0.4, -0.2) is 51.3 Å². The minimum atomic E-state index is -4.06. The SMILES string of the molecule is COc1ccccc1C(=O)COC(=O)c1ccc(F)c(S(=O)(=O)N2CCCCC2)c1. The number of nitrogens with zero attached hydrogens (tertiary/aromatic N) is 1. The largest absolute Gasteiger partial charge is 0.496 e. The number of benzene rings is 2. The molecule has 0 amide bonds. The lowest BCUT2D eigenvalue weighted by Gasteiger charge is -2.26. The zero-order chi connectivity index (χ0) is 21.7. The number of Topliss-reactive ketones (excluding diaryl/α,β-unsaturated/α-hetero) is 1. The molecule has 0 unspecified atom stereocenters. The summed E-state index contributed by atoms with van der Waals surface area (Å²) in [5, 5.41) is 0. The monoisotopic (exact) mass is 435 g/mol. The number of ketones is 1. The molecule has 1 heterocycles. The van der Waals surface area contributed by atoms with Gasteiger partial charge in [0, 0.05) is 13.1 Å². The van der Waals surface area contributed by atoms with Gasteiger partial charge in [-0.3, -0.25) is 4.79 Å². The summed E-state index contributed by atoms with van der Waals surface area (Å²) in [6, 6.07) is 9.48. The second-order valence-electron chi connectivity index (χ2n) is 6.81. The summed E-state index contributed by atoms with van der Waals surface area (Å²) >= 11 is 0.